The Morgan fingerprint density at radius 1 is 1.05 bits per heavy atom. The van der Waals surface area contributed by atoms with Gasteiger partial charge in [-0.25, -0.2) is 0 Å². The molecule has 0 aromatic heterocycles. The zero-order chi connectivity index (χ0) is 15.9. The van der Waals surface area contributed by atoms with Crippen molar-refractivity contribution in [1.82, 2.24) is 0 Å². The van der Waals surface area contributed by atoms with E-state index in [1.54, 1.807) is 12.1 Å². The SMILES string of the molecule is N[C@@]1(C(=O)O)[C@H](c2ccccc2)[C@H]1c1ccc([N+](=O)[O-])cc1. The second kappa shape index (κ2) is 4.92. The molecule has 0 aliphatic heterocycles. The molecule has 1 aliphatic rings. The predicted molar refractivity (Wildman–Crippen MR) is 79.6 cm³/mol. The van der Waals surface area contributed by atoms with E-state index in [4.69, 9.17) is 5.73 Å². The normalized spacial score (nSPS) is 26.4. The third kappa shape index (κ3) is 2.05. The van der Waals surface area contributed by atoms with Crippen molar-refractivity contribution in [2.75, 3.05) is 0 Å². The first-order valence-electron chi connectivity index (χ1n) is 6.78. The van der Waals surface area contributed by atoms with Crippen LogP contribution in [0.15, 0.2) is 54.6 Å². The van der Waals surface area contributed by atoms with Gasteiger partial charge in [-0.15, -0.1) is 0 Å². The zero-order valence-corrected chi connectivity index (χ0v) is 11.5. The summed E-state index contributed by atoms with van der Waals surface area (Å²) in [6.45, 7) is 0. The quantitative estimate of drug-likeness (QED) is 0.665. The Bertz CT molecular complexity index is 730. The molecule has 0 amide bonds. The van der Waals surface area contributed by atoms with Crippen molar-refractivity contribution >= 4 is 11.7 Å². The number of nitro groups is 1. The summed E-state index contributed by atoms with van der Waals surface area (Å²) in [6.07, 6.45) is 0. The molecule has 0 heterocycles. The van der Waals surface area contributed by atoms with Gasteiger partial charge in [-0.1, -0.05) is 42.5 Å². The molecule has 2 aromatic carbocycles. The number of rotatable bonds is 4. The van der Waals surface area contributed by atoms with E-state index in [1.807, 2.05) is 30.3 Å². The molecule has 0 spiro atoms. The summed E-state index contributed by atoms with van der Waals surface area (Å²) >= 11 is 0. The predicted octanol–water partition coefficient (Wildman–Crippen LogP) is 2.26. The largest absolute Gasteiger partial charge is 0.480 e. The van der Waals surface area contributed by atoms with Gasteiger partial charge in [0.25, 0.3) is 5.69 Å². The van der Waals surface area contributed by atoms with Crippen LogP contribution in [-0.4, -0.2) is 21.5 Å². The molecule has 0 radical (unpaired) electrons. The lowest BCUT2D eigenvalue weighted by Gasteiger charge is -2.05. The van der Waals surface area contributed by atoms with Gasteiger partial charge in [0, 0.05) is 24.0 Å². The second-order valence-corrected chi connectivity index (χ2v) is 5.45. The van der Waals surface area contributed by atoms with Crippen molar-refractivity contribution in [2.24, 2.45) is 5.73 Å². The van der Waals surface area contributed by atoms with Crippen molar-refractivity contribution in [3.63, 3.8) is 0 Å². The molecule has 0 unspecified atom stereocenters. The standard InChI is InChI=1S/C16H14N2O4/c17-16(15(19)20)13(10-4-2-1-3-5-10)14(16)11-6-8-12(9-7-11)18(21)22/h1-9,13-14H,17H2,(H,19,20)/t13-,14-,16+/m1/s1. The molecule has 1 aliphatic carbocycles. The van der Waals surface area contributed by atoms with E-state index in [9.17, 15) is 20.0 Å². The van der Waals surface area contributed by atoms with Gasteiger partial charge in [0.05, 0.1) is 4.92 Å². The maximum Gasteiger partial charge on any atom is 0.325 e. The number of nitrogens with zero attached hydrogens (tertiary/aromatic N) is 1. The number of nitrogens with two attached hydrogens (primary N) is 1. The molecule has 3 atom stereocenters. The van der Waals surface area contributed by atoms with Crippen LogP contribution >= 0.6 is 0 Å². The van der Waals surface area contributed by atoms with Crippen molar-refractivity contribution in [1.29, 1.82) is 0 Å². The number of carboxylic acids is 1. The number of aliphatic carboxylic acids is 1. The van der Waals surface area contributed by atoms with Crippen LogP contribution in [0.5, 0.6) is 0 Å². The van der Waals surface area contributed by atoms with Crippen LogP contribution in [-0.2, 0) is 4.79 Å². The lowest BCUT2D eigenvalue weighted by atomic mass is 10.0. The number of nitro benzene ring substituents is 1. The minimum atomic E-state index is -1.38. The van der Waals surface area contributed by atoms with Gasteiger partial charge in [0.2, 0.25) is 0 Å². The first-order valence-corrected chi connectivity index (χ1v) is 6.78. The molecule has 1 fully saturated rings. The molecule has 0 bridgehead atoms. The Morgan fingerprint density at radius 2 is 1.55 bits per heavy atom. The molecule has 0 saturated heterocycles. The first-order chi connectivity index (χ1) is 10.5. The van der Waals surface area contributed by atoms with Gasteiger partial charge in [0.1, 0.15) is 5.54 Å². The summed E-state index contributed by atoms with van der Waals surface area (Å²) in [5, 5.41) is 20.2. The zero-order valence-electron chi connectivity index (χ0n) is 11.5. The lowest BCUT2D eigenvalue weighted by molar-refractivity contribution is -0.384. The Morgan fingerprint density at radius 3 is 2.00 bits per heavy atom. The second-order valence-electron chi connectivity index (χ2n) is 5.45. The van der Waals surface area contributed by atoms with Crippen LogP contribution in [0.2, 0.25) is 0 Å². The van der Waals surface area contributed by atoms with Crippen LogP contribution in [0.4, 0.5) is 5.69 Å². The molecule has 6 nitrogen and oxygen atoms in total. The number of hydrogen-bond donors (Lipinski definition) is 2. The third-order valence-corrected chi connectivity index (χ3v) is 4.25. The molecule has 3 N–H and O–H groups in total. The number of carbonyl (C=O) groups is 1. The summed E-state index contributed by atoms with van der Waals surface area (Å²) in [5.74, 6) is -1.80. The minimum absolute atomic E-state index is 0.0291. The van der Waals surface area contributed by atoms with Gasteiger partial charge >= 0.3 is 5.97 Å². The Hall–Kier alpha value is -2.73. The minimum Gasteiger partial charge on any atom is -0.480 e. The molecule has 1 saturated carbocycles. The van der Waals surface area contributed by atoms with E-state index >= 15 is 0 Å². The molecule has 6 heteroatoms. The van der Waals surface area contributed by atoms with Crippen molar-refractivity contribution in [2.45, 2.75) is 17.4 Å². The lowest BCUT2D eigenvalue weighted by Crippen LogP contribution is -2.36. The van der Waals surface area contributed by atoms with E-state index in [0.29, 0.717) is 5.56 Å². The molecule has 3 rings (SSSR count). The summed E-state index contributed by atoms with van der Waals surface area (Å²) in [7, 11) is 0. The van der Waals surface area contributed by atoms with Crippen molar-refractivity contribution < 1.29 is 14.8 Å². The van der Waals surface area contributed by atoms with Gasteiger partial charge < -0.3 is 10.8 Å². The van der Waals surface area contributed by atoms with E-state index in [1.165, 1.54) is 12.1 Å². The van der Waals surface area contributed by atoms with Crippen molar-refractivity contribution in [3.8, 4) is 0 Å². The highest BCUT2D eigenvalue weighted by Gasteiger charge is 2.68. The van der Waals surface area contributed by atoms with E-state index in [-0.39, 0.29) is 11.6 Å². The molecule has 22 heavy (non-hydrogen) atoms. The fourth-order valence-electron chi connectivity index (χ4n) is 3.07. The smallest absolute Gasteiger partial charge is 0.325 e. The van der Waals surface area contributed by atoms with E-state index < -0.39 is 22.3 Å². The Balaban J connectivity index is 1.98. The van der Waals surface area contributed by atoms with Gasteiger partial charge in [-0.05, 0) is 11.1 Å². The van der Waals surface area contributed by atoms with Crippen LogP contribution < -0.4 is 5.73 Å². The Labute approximate surface area is 126 Å². The van der Waals surface area contributed by atoms with Crippen LogP contribution in [0.25, 0.3) is 0 Å². The third-order valence-electron chi connectivity index (χ3n) is 4.25. The number of carboxylic acid groups (broad SMARTS) is 1. The topological polar surface area (TPSA) is 106 Å². The highest BCUT2D eigenvalue weighted by molar-refractivity contribution is 5.88. The van der Waals surface area contributed by atoms with E-state index in [0.717, 1.165) is 5.56 Å². The molecular weight excluding hydrogens is 284 g/mol. The number of non-ortho nitro benzene ring substituents is 1. The van der Waals surface area contributed by atoms with Crippen LogP contribution in [0.3, 0.4) is 0 Å². The fourth-order valence-corrected chi connectivity index (χ4v) is 3.07. The molecular formula is C16H14N2O4. The first kappa shape index (κ1) is 14.2. The summed E-state index contributed by atoms with van der Waals surface area (Å²) in [5.41, 5.74) is 6.26. The monoisotopic (exact) mass is 298 g/mol. The summed E-state index contributed by atoms with van der Waals surface area (Å²) in [4.78, 5) is 21.8. The molecule has 112 valence electrons. The van der Waals surface area contributed by atoms with Gasteiger partial charge in [0.15, 0.2) is 0 Å². The van der Waals surface area contributed by atoms with Crippen LogP contribution in [0.1, 0.15) is 23.0 Å². The maximum atomic E-state index is 11.6. The number of benzene rings is 2. The average Bonchev–Trinajstić information content (AvgIpc) is 3.16. The van der Waals surface area contributed by atoms with Crippen molar-refractivity contribution in [3.05, 3.63) is 75.8 Å². The average molecular weight is 298 g/mol. The van der Waals surface area contributed by atoms with Crippen LogP contribution in [0, 0.1) is 10.1 Å². The summed E-state index contributed by atoms with van der Waals surface area (Å²) < 4.78 is 0. The fraction of sp³-hybridized carbons (Fsp3) is 0.188. The maximum absolute atomic E-state index is 11.6. The van der Waals surface area contributed by atoms with E-state index in [2.05, 4.69) is 0 Å². The molecule has 2 aromatic rings. The summed E-state index contributed by atoms with van der Waals surface area (Å²) in [6, 6.07) is 15.1. The van der Waals surface area contributed by atoms with Gasteiger partial charge in [-0.2, -0.15) is 0 Å². The highest BCUT2D eigenvalue weighted by atomic mass is 16.6. The van der Waals surface area contributed by atoms with Gasteiger partial charge in [-0.3, -0.25) is 14.9 Å². The number of hydrogen-bond acceptors (Lipinski definition) is 4. The Kier molecular flexibility index (Phi) is 3.18. The highest BCUT2D eigenvalue weighted by Crippen LogP contribution is 2.62.